The molecule has 136 valence electrons. The molecule has 25 heavy (non-hydrogen) atoms. The standard InChI is InChI=1S/2C9H11.2C2H7Si.Ti/c2*1-2-5-9-7-3-6-8(9)4-1;2*1-3-2;/h2*3,6-7H,1-2,4-5H2;2*3H,1-2H3;. The number of hydrogen-bond acceptors (Lipinski definition) is 0. The molecule has 4 rings (SSSR count). The topological polar surface area (TPSA) is 0 Å². The molecule has 0 N–H and O–H groups in total. The second-order valence-corrected chi connectivity index (χ2v) is 41.0. The molecule has 0 spiro atoms. The van der Waals surface area contributed by atoms with Crippen molar-refractivity contribution in [2.75, 3.05) is 0 Å². The van der Waals surface area contributed by atoms with E-state index in [0.717, 1.165) is 8.45 Å². The van der Waals surface area contributed by atoms with E-state index in [2.05, 4.69) is 50.5 Å². The summed E-state index contributed by atoms with van der Waals surface area (Å²) < 4.78 is 1.94. The Bertz CT molecular complexity index is 608. The normalized spacial score (nSPS) is 29.2. The molecule has 0 saturated carbocycles. The van der Waals surface area contributed by atoms with Gasteiger partial charge in [-0.2, -0.15) is 0 Å². The van der Waals surface area contributed by atoms with E-state index < -0.39 is 28.4 Å². The van der Waals surface area contributed by atoms with Crippen molar-refractivity contribution in [1.82, 2.24) is 0 Å². The fraction of sp³-hybridized carbons (Fsp3) is 0.636. The summed E-state index contributed by atoms with van der Waals surface area (Å²) >= 11 is -1.99. The van der Waals surface area contributed by atoms with E-state index >= 15 is 0 Å². The molecular formula is C22H36Si2Ti. The van der Waals surface area contributed by atoms with Crippen LogP contribution >= 0.6 is 0 Å². The quantitative estimate of drug-likeness (QED) is 0.465. The van der Waals surface area contributed by atoms with Crippen molar-refractivity contribution in [1.29, 1.82) is 0 Å². The maximum atomic E-state index is 2.77. The number of rotatable bonds is 4. The van der Waals surface area contributed by atoms with E-state index in [4.69, 9.17) is 0 Å². The second kappa shape index (κ2) is 7.26. The Kier molecular flexibility index (Phi) is 5.36. The zero-order valence-electron chi connectivity index (χ0n) is 16.8. The van der Waals surface area contributed by atoms with Crippen LogP contribution in [0.4, 0.5) is 0 Å². The van der Waals surface area contributed by atoms with Gasteiger partial charge in [0.2, 0.25) is 0 Å². The Labute approximate surface area is 160 Å². The molecule has 0 radical (unpaired) electrons. The van der Waals surface area contributed by atoms with Crippen LogP contribution in [-0.2, 0) is 15.1 Å². The average Bonchev–Trinajstić information content (AvgIpc) is 3.21. The molecule has 0 aromatic rings. The van der Waals surface area contributed by atoms with Gasteiger partial charge in [-0.15, -0.1) is 0 Å². The van der Waals surface area contributed by atoms with Crippen molar-refractivity contribution >= 4 is 13.3 Å². The average molecular weight is 405 g/mol. The fourth-order valence-corrected chi connectivity index (χ4v) is 57.3. The van der Waals surface area contributed by atoms with Gasteiger partial charge < -0.3 is 0 Å². The van der Waals surface area contributed by atoms with Gasteiger partial charge >= 0.3 is 161 Å². The number of allylic oxidation sites excluding steroid dienone is 8. The van der Waals surface area contributed by atoms with Crippen LogP contribution in [0.5, 0.6) is 0 Å². The van der Waals surface area contributed by atoms with Gasteiger partial charge in [0.15, 0.2) is 0 Å². The van der Waals surface area contributed by atoms with Crippen LogP contribution in [0, 0.1) is 0 Å². The summed E-state index contributed by atoms with van der Waals surface area (Å²) in [5.74, 6) is 0. The van der Waals surface area contributed by atoms with Crippen LogP contribution in [0.1, 0.15) is 51.4 Å². The zero-order chi connectivity index (χ0) is 17.6. The first-order chi connectivity index (χ1) is 12.1. The third kappa shape index (κ3) is 2.87. The Balaban J connectivity index is 1.82. The van der Waals surface area contributed by atoms with Gasteiger partial charge in [-0.25, -0.2) is 0 Å². The molecule has 0 saturated heterocycles. The summed E-state index contributed by atoms with van der Waals surface area (Å²) in [7, 11) is 0. The van der Waals surface area contributed by atoms with Crippen molar-refractivity contribution in [2.45, 2.75) is 86.0 Å². The SMILES string of the molecule is C[SiH](C)[Ti]([CH]1C=CC2=C1CCCC2)([CH]1C=CC2=C1CCCC2)[SiH](C)C. The number of hydrogen-bond donors (Lipinski definition) is 0. The van der Waals surface area contributed by atoms with Gasteiger partial charge in [0.05, 0.1) is 0 Å². The summed E-state index contributed by atoms with van der Waals surface area (Å²) in [4.78, 5) is 0. The molecule has 0 amide bonds. The molecule has 0 fully saturated rings. The Morgan fingerprint density at radius 2 is 1.08 bits per heavy atom. The minimum atomic E-state index is -1.99. The summed E-state index contributed by atoms with van der Waals surface area (Å²) in [6, 6.07) is 0. The zero-order valence-corrected chi connectivity index (χ0v) is 20.6. The van der Waals surface area contributed by atoms with Gasteiger partial charge in [-0.3, -0.25) is 0 Å². The van der Waals surface area contributed by atoms with Crippen LogP contribution in [0.25, 0.3) is 0 Å². The van der Waals surface area contributed by atoms with Crippen molar-refractivity contribution < 1.29 is 15.1 Å². The van der Waals surface area contributed by atoms with E-state index in [1.165, 1.54) is 51.4 Å². The Morgan fingerprint density at radius 1 is 0.680 bits per heavy atom. The predicted molar refractivity (Wildman–Crippen MR) is 115 cm³/mol. The first-order valence-corrected chi connectivity index (χ1v) is 23.9. The van der Waals surface area contributed by atoms with Gasteiger partial charge in [-0.05, 0) is 0 Å². The molecule has 0 bridgehead atoms. The van der Waals surface area contributed by atoms with Gasteiger partial charge in [0, 0.05) is 0 Å². The molecule has 2 unspecified atom stereocenters. The molecule has 2 atom stereocenters. The molecular weight excluding hydrogens is 368 g/mol. The van der Waals surface area contributed by atoms with Crippen LogP contribution in [0.3, 0.4) is 0 Å². The molecule has 4 aliphatic rings. The summed E-state index contributed by atoms with van der Waals surface area (Å²) in [6.45, 7) is 9.76. The first-order valence-electron chi connectivity index (χ1n) is 10.9. The predicted octanol–water partition coefficient (Wildman–Crippen LogP) is 6.56. The van der Waals surface area contributed by atoms with Crippen LogP contribution < -0.4 is 0 Å². The Hall–Kier alpha value is 0.108. The van der Waals surface area contributed by atoms with E-state index in [1.54, 1.807) is 11.1 Å². The summed E-state index contributed by atoms with van der Waals surface area (Å²) in [6.07, 6.45) is 22.2. The minimum absolute atomic E-state index is 0.640. The van der Waals surface area contributed by atoms with Crippen LogP contribution in [0.2, 0.25) is 34.6 Å². The second-order valence-electron chi connectivity index (χ2n) is 9.50. The monoisotopic (exact) mass is 404 g/mol. The van der Waals surface area contributed by atoms with Crippen molar-refractivity contribution in [3.8, 4) is 0 Å². The van der Waals surface area contributed by atoms with Gasteiger partial charge in [0.25, 0.3) is 0 Å². The maximum absolute atomic E-state index is 2.77. The van der Waals surface area contributed by atoms with E-state index in [9.17, 15) is 0 Å². The van der Waals surface area contributed by atoms with Crippen molar-refractivity contribution in [3.63, 3.8) is 0 Å². The third-order valence-electron chi connectivity index (χ3n) is 7.92. The molecule has 3 heteroatoms. The molecule has 0 aliphatic heterocycles. The summed E-state index contributed by atoms with van der Waals surface area (Å²) in [5, 5.41) is 0. The summed E-state index contributed by atoms with van der Waals surface area (Å²) in [5.41, 5.74) is 7.50. The Morgan fingerprint density at radius 3 is 1.48 bits per heavy atom. The molecule has 0 aromatic carbocycles. The third-order valence-corrected chi connectivity index (χ3v) is 58.1. The molecule has 0 heterocycles. The van der Waals surface area contributed by atoms with Gasteiger partial charge in [0.1, 0.15) is 0 Å². The molecule has 0 aromatic heterocycles. The fourth-order valence-electron chi connectivity index (χ4n) is 6.89. The van der Waals surface area contributed by atoms with Crippen molar-refractivity contribution in [3.05, 3.63) is 46.6 Å². The van der Waals surface area contributed by atoms with E-state index in [1.807, 2.05) is 11.1 Å². The van der Waals surface area contributed by atoms with Crippen LogP contribution in [0.15, 0.2) is 46.6 Å². The van der Waals surface area contributed by atoms with E-state index in [0.29, 0.717) is 0 Å². The molecule has 0 nitrogen and oxygen atoms in total. The van der Waals surface area contributed by atoms with Crippen molar-refractivity contribution in [2.24, 2.45) is 0 Å². The van der Waals surface area contributed by atoms with E-state index in [-0.39, 0.29) is 0 Å². The van der Waals surface area contributed by atoms with Gasteiger partial charge in [-0.1, -0.05) is 0 Å². The van der Waals surface area contributed by atoms with Crippen LogP contribution in [-0.4, -0.2) is 13.3 Å². The molecule has 4 aliphatic carbocycles. The first kappa shape index (κ1) is 18.5.